The third-order valence-electron chi connectivity index (χ3n) is 2.99. The summed E-state index contributed by atoms with van der Waals surface area (Å²) in [4.78, 5) is 20.1. The Hall–Kier alpha value is -1.18. The second-order valence-electron chi connectivity index (χ2n) is 6.06. The van der Waals surface area contributed by atoms with Gasteiger partial charge in [0, 0.05) is 32.7 Å². The van der Waals surface area contributed by atoms with Crippen LogP contribution >= 0.6 is 0 Å². The molecule has 0 rings (SSSR count). The van der Waals surface area contributed by atoms with E-state index in [-0.39, 0.29) is 19.8 Å². The smallest absolute Gasteiger partial charge is 0.303 e. The maximum absolute atomic E-state index is 10.0. The van der Waals surface area contributed by atoms with Crippen molar-refractivity contribution in [1.29, 1.82) is 0 Å². The van der Waals surface area contributed by atoms with Crippen LogP contribution in [-0.4, -0.2) is 57.3 Å². The lowest BCUT2D eigenvalue weighted by molar-refractivity contribution is -0.138. The highest BCUT2D eigenvalue weighted by Gasteiger charge is 1.95. The Morgan fingerprint density at radius 3 is 0.862 bits per heavy atom. The molecule has 0 aromatic rings. The highest BCUT2D eigenvalue weighted by molar-refractivity contribution is 5.66. The second-order valence-corrected chi connectivity index (χ2v) is 6.06. The van der Waals surface area contributed by atoms with Gasteiger partial charge < -0.3 is 25.5 Å². The molecule has 0 saturated carbocycles. The summed E-state index contributed by atoms with van der Waals surface area (Å²) in [7, 11) is 0. The van der Waals surface area contributed by atoms with Gasteiger partial charge in [0.25, 0.3) is 0 Å². The van der Waals surface area contributed by atoms with Gasteiger partial charge in [0.2, 0.25) is 0 Å². The Kier molecular flexibility index (Phi) is 60.3. The summed E-state index contributed by atoms with van der Waals surface area (Å²) in [6, 6.07) is 0. The van der Waals surface area contributed by atoms with Crippen LogP contribution in [0.3, 0.4) is 0 Å². The zero-order valence-electron chi connectivity index (χ0n) is 19.7. The van der Waals surface area contributed by atoms with Crippen molar-refractivity contribution in [3.05, 3.63) is 0 Å². The van der Waals surface area contributed by atoms with Crippen molar-refractivity contribution >= 4 is 11.9 Å². The summed E-state index contributed by atoms with van der Waals surface area (Å²) < 4.78 is 0. The molecule has 0 spiro atoms. The van der Waals surface area contributed by atoms with Crippen LogP contribution in [0.2, 0.25) is 0 Å². The lowest BCUT2D eigenvalue weighted by Gasteiger charge is -1.95. The minimum Gasteiger partial charge on any atom is -0.481 e. The van der Waals surface area contributed by atoms with Crippen molar-refractivity contribution in [2.75, 3.05) is 19.8 Å². The van der Waals surface area contributed by atoms with Crippen LogP contribution in [0.1, 0.15) is 112 Å². The van der Waals surface area contributed by atoms with E-state index in [1.807, 2.05) is 0 Å². The maximum atomic E-state index is 10.0. The first-order valence-corrected chi connectivity index (χ1v) is 11.0. The van der Waals surface area contributed by atoms with E-state index in [4.69, 9.17) is 25.5 Å². The molecule has 0 aromatic heterocycles. The van der Waals surface area contributed by atoms with E-state index in [1.165, 1.54) is 38.5 Å². The van der Waals surface area contributed by atoms with E-state index in [0.717, 1.165) is 25.7 Å². The number of carboxylic acid groups (broad SMARTS) is 2. The lowest BCUT2D eigenvalue weighted by Crippen LogP contribution is -1.93. The Labute approximate surface area is 179 Å². The van der Waals surface area contributed by atoms with Crippen molar-refractivity contribution in [3.8, 4) is 0 Å². The minimum atomic E-state index is -0.670. The first kappa shape index (κ1) is 38.4. The second kappa shape index (κ2) is 45.5. The van der Waals surface area contributed by atoms with Gasteiger partial charge in [0.05, 0.1) is 0 Å². The lowest BCUT2D eigenvalue weighted by atomic mass is 10.1. The van der Waals surface area contributed by atoms with Crippen LogP contribution in [0.5, 0.6) is 0 Å². The molecule has 29 heavy (non-hydrogen) atoms. The van der Waals surface area contributed by atoms with E-state index in [0.29, 0.717) is 12.8 Å². The Morgan fingerprint density at radius 1 is 0.483 bits per heavy atom. The molecule has 7 nitrogen and oxygen atoms in total. The minimum absolute atomic E-state index is 0.250. The number of aliphatic carboxylic acids is 2. The Balaban J connectivity index is -0.0000000943. The van der Waals surface area contributed by atoms with Crippen molar-refractivity contribution in [3.63, 3.8) is 0 Å². The van der Waals surface area contributed by atoms with Gasteiger partial charge >= 0.3 is 11.9 Å². The van der Waals surface area contributed by atoms with Gasteiger partial charge in [0.1, 0.15) is 0 Å². The van der Waals surface area contributed by atoms with Crippen LogP contribution in [-0.2, 0) is 9.59 Å². The molecule has 0 atom stereocenters. The van der Waals surface area contributed by atoms with Crippen molar-refractivity contribution in [2.45, 2.75) is 112 Å². The first-order valence-electron chi connectivity index (χ1n) is 11.0. The third-order valence-corrected chi connectivity index (χ3v) is 2.99. The Bertz CT molecular complexity index is 243. The zero-order chi connectivity index (χ0) is 23.8. The van der Waals surface area contributed by atoms with Gasteiger partial charge in [-0.15, -0.1) is 0 Å². The number of aliphatic hydroxyl groups excluding tert-OH is 3. The molecule has 5 N–H and O–H groups in total. The number of hydrogen-bond donors (Lipinski definition) is 5. The van der Waals surface area contributed by atoms with Gasteiger partial charge in [-0.3, -0.25) is 9.59 Å². The Morgan fingerprint density at radius 2 is 0.690 bits per heavy atom. The van der Waals surface area contributed by atoms with Crippen molar-refractivity contribution < 1.29 is 35.1 Å². The largest absolute Gasteiger partial charge is 0.481 e. The summed E-state index contributed by atoms with van der Waals surface area (Å²) in [6.45, 7) is 10.1. The van der Waals surface area contributed by atoms with Crippen LogP contribution in [0.25, 0.3) is 0 Å². The number of carbonyl (C=O) groups is 2. The van der Waals surface area contributed by atoms with Gasteiger partial charge in [-0.2, -0.15) is 0 Å². The fraction of sp³-hybridized carbons (Fsp3) is 0.909. The molecule has 0 aliphatic heterocycles. The summed E-state index contributed by atoms with van der Waals surface area (Å²) in [5, 5.41) is 39.2. The zero-order valence-corrected chi connectivity index (χ0v) is 19.7. The SMILES string of the molecule is CCCCCCCC(=O)O.CCCCCCCC(=O)O.CCO.CCO.CCO. The summed E-state index contributed by atoms with van der Waals surface area (Å²) in [5.41, 5.74) is 0. The molecule has 0 fully saturated rings. The fourth-order valence-corrected chi connectivity index (χ4v) is 1.76. The summed E-state index contributed by atoms with van der Waals surface area (Å²) >= 11 is 0. The highest BCUT2D eigenvalue weighted by Crippen LogP contribution is 2.04. The average molecular weight is 427 g/mol. The van der Waals surface area contributed by atoms with E-state index < -0.39 is 11.9 Å². The van der Waals surface area contributed by atoms with E-state index >= 15 is 0 Å². The summed E-state index contributed by atoms with van der Waals surface area (Å²) in [5.74, 6) is -1.34. The van der Waals surface area contributed by atoms with Gasteiger partial charge in [-0.05, 0) is 33.6 Å². The molecule has 0 bridgehead atoms. The normalized spacial score (nSPS) is 8.55. The molecule has 0 amide bonds. The number of hydrogen-bond acceptors (Lipinski definition) is 5. The van der Waals surface area contributed by atoms with Crippen LogP contribution < -0.4 is 0 Å². The molecule has 0 aromatic carbocycles. The van der Waals surface area contributed by atoms with E-state index in [9.17, 15) is 9.59 Å². The number of aliphatic hydroxyl groups is 3. The van der Waals surface area contributed by atoms with Crippen molar-refractivity contribution in [1.82, 2.24) is 0 Å². The molecule has 0 heterocycles. The fourth-order valence-electron chi connectivity index (χ4n) is 1.76. The molecule has 7 heteroatoms. The van der Waals surface area contributed by atoms with Crippen LogP contribution in [0.4, 0.5) is 0 Å². The van der Waals surface area contributed by atoms with Crippen molar-refractivity contribution in [2.24, 2.45) is 0 Å². The third kappa shape index (κ3) is 101. The molecule has 0 saturated heterocycles. The topological polar surface area (TPSA) is 135 Å². The molecule has 180 valence electrons. The number of carboxylic acids is 2. The number of unbranched alkanes of at least 4 members (excludes halogenated alkanes) is 8. The van der Waals surface area contributed by atoms with E-state index in [1.54, 1.807) is 20.8 Å². The van der Waals surface area contributed by atoms with Crippen LogP contribution in [0, 0.1) is 0 Å². The quantitative estimate of drug-likeness (QED) is 0.281. The standard InChI is InChI=1S/2C8H16O2.3C2H6O/c2*1-2-3-4-5-6-7-8(9)10;3*1-2-3/h2*2-7H2,1H3,(H,9,10);3*3H,2H2,1H3. The monoisotopic (exact) mass is 426 g/mol. The highest BCUT2D eigenvalue weighted by atomic mass is 16.4. The predicted octanol–water partition coefficient (Wildman–Crippen LogP) is 4.86. The molecule has 0 radical (unpaired) electrons. The van der Waals surface area contributed by atoms with Gasteiger partial charge in [0.15, 0.2) is 0 Å². The summed E-state index contributed by atoms with van der Waals surface area (Å²) in [6.07, 6.45) is 11.8. The van der Waals surface area contributed by atoms with Gasteiger partial charge in [-0.1, -0.05) is 65.2 Å². The number of rotatable bonds is 12. The average Bonchev–Trinajstić information content (AvgIpc) is 2.63. The molecule has 0 unspecified atom stereocenters. The molecule has 0 aliphatic carbocycles. The molecule has 0 aliphatic rings. The first-order chi connectivity index (χ1) is 13.8. The van der Waals surface area contributed by atoms with E-state index in [2.05, 4.69) is 13.8 Å². The predicted molar refractivity (Wildman–Crippen MR) is 120 cm³/mol. The van der Waals surface area contributed by atoms with Crippen LogP contribution in [0.15, 0.2) is 0 Å². The molecular weight excluding hydrogens is 376 g/mol. The van der Waals surface area contributed by atoms with Gasteiger partial charge in [-0.25, -0.2) is 0 Å². The maximum Gasteiger partial charge on any atom is 0.303 e. The molecular formula is C22H50O7.